The molecule has 0 saturated carbocycles. The van der Waals surface area contributed by atoms with Crippen molar-refractivity contribution in [2.24, 2.45) is 0 Å². The second-order valence-corrected chi connectivity index (χ2v) is 13.1. The van der Waals surface area contributed by atoms with Crippen LogP contribution in [-0.4, -0.2) is 63.7 Å². The average molecular weight is 620 g/mol. The van der Waals surface area contributed by atoms with Crippen molar-refractivity contribution in [1.82, 2.24) is 4.90 Å². The normalized spacial score (nSPS) is 16.1. The van der Waals surface area contributed by atoms with E-state index in [0.29, 0.717) is 28.5 Å². The molecule has 0 atom stereocenters. The van der Waals surface area contributed by atoms with Gasteiger partial charge in [-0.15, -0.1) is 11.3 Å². The van der Waals surface area contributed by atoms with Crippen LogP contribution in [0.3, 0.4) is 0 Å². The Morgan fingerprint density at radius 3 is 2.24 bits per heavy atom. The van der Waals surface area contributed by atoms with Crippen LogP contribution in [0.25, 0.3) is 16.5 Å². The highest BCUT2D eigenvalue weighted by Crippen LogP contribution is 2.45. The summed E-state index contributed by atoms with van der Waals surface area (Å²) in [5.41, 5.74) is -4.84. The van der Waals surface area contributed by atoms with Crippen LogP contribution in [0.4, 0.5) is 13.2 Å². The Morgan fingerprint density at radius 1 is 0.976 bits per heavy atom. The molecule has 0 unspecified atom stereocenters. The maximum atomic E-state index is 13.9. The fourth-order valence-electron chi connectivity index (χ4n) is 5.08. The molecule has 1 aliphatic heterocycles. The van der Waals surface area contributed by atoms with Crippen molar-refractivity contribution >= 4 is 38.8 Å². The van der Waals surface area contributed by atoms with Crippen LogP contribution in [0, 0.1) is 0 Å². The van der Waals surface area contributed by atoms with Crippen molar-refractivity contribution in [3.05, 3.63) is 75.0 Å². The maximum Gasteiger partial charge on any atom is 0.501 e. The lowest BCUT2D eigenvalue weighted by atomic mass is 9.91. The molecule has 2 aromatic carbocycles. The van der Waals surface area contributed by atoms with E-state index < -0.39 is 38.2 Å². The van der Waals surface area contributed by atoms with Gasteiger partial charge in [-0.25, -0.2) is 8.42 Å². The van der Waals surface area contributed by atoms with Gasteiger partial charge in [0.1, 0.15) is 18.1 Å². The van der Waals surface area contributed by atoms with E-state index in [-0.39, 0.29) is 21.6 Å². The number of ether oxygens (including phenoxy) is 2. The van der Waals surface area contributed by atoms with Gasteiger partial charge < -0.3 is 9.47 Å². The van der Waals surface area contributed by atoms with E-state index in [1.807, 2.05) is 0 Å². The number of fused-ring (bicyclic) bond motifs is 1. The van der Waals surface area contributed by atoms with Crippen LogP contribution >= 0.6 is 11.3 Å². The number of allylic oxidation sites excluding steroid dienone is 1. The van der Waals surface area contributed by atoms with Gasteiger partial charge in [-0.3, -0.25) is 14.5 Å². The molecule has 0 N–H and O–H groups in total. The number of thiophene rings is 1. The summed E-state index contributed by atoms with van der Waals surface area (Å²) < 4.78 is 75.1. The van der Waals surface area contributed by atoms with Crippen molar-refractivity contribution in [1.29, 1.82) is 0 Å². The van der Waals surface area contributed by atoms with E-state index in [9.17, 15) is 31.2 Å². The third kappa shape index (κ3) is 6.02. The summed E-state index contributed by atoms with van der Waals surface area (Å²) in [5, 5.41) is 0. The van der Waals surface area contributed by atoms with Crippen LogP contribution in [0.2, 0.25) is 0 Å². The van der Waals surface area contributed by atoms with E-state index in [4.69, 9.17) is 9.47 Å². The number of alkyl halides is 3. The summed E-state index contributed by atoms with van der Waals surface area (Å²) in [6, 6.07) is 13.1. The first-order valence-corrected chi connectivity index (χ1v) is 15.7. The first-order valence-electron chi connectivity index (χ1n) is 13.4. The third-order valence-corrected chi connectivity index (χ3v) is 10.1. The molecule has 42 heavy (non-hydrogen) atoms. The van der Waals surface area contributed by atoms with Gasteiger partial charge in [0.25, 0.3) is 9.84 Å². The Kier molecular flexibility index (Phi) is 8.58. The lowest BCUT2D eigenvalue weighted by Gasteiger charge is -2.26. The van der Waals surface area contributed by atoms with E-state index in [2.05, 4.69) is 4.90 Å². The zero-order valence-corrected chi connectivity index (χ0v) is 24.3. The third-order valence-electron chi connectivity index (χ3n) is 7.31. The lowest BCUT2D eigenvalue weighted by molar-refractivity contribution is -0.0426. The molecule has 1 fully saturated rings. The Hall–Kier alpha value is -3.48. The molecular weight excluding hydrogens is 591 g/mol. The minimum absolute atomic E-state index is 0.0130. The number of carbonyl (C=O) groups is 2. The Bertz CT molecular complexity index is 1620. The number of hydrogen-bond acceptors (Lipinski definition) is 8. The highest BCUT2D eigenvalue weighted by Gasteiger charge is 2.49. The van der Waals surface area contributed by atoms with E-state index >= 15 is 0 Å². The maximum absolute atomic E-state index is 13.9. The quantitative estimate of drug-likeness (QED) is 0.257. The Labute approximate surface area is 245 Å². The van der Waals surface area contributed by atoms with Gasteiger partial charge in [0.05, 0.1) is 17.6 Å². The number of Topliss-reactive ketones (excluding diaryl/α,β-unsaturated/α-hetero) is 1. The second-order valence-electron chi connectivity index (χ2n) is 10.0. The number of ketones is 2. The highest BCUT2D eigenvalue weighted by atomic mass is 32.2. The average Bonchev–Trinajstić information content (AvgIpc) is 3.37. The second kappa shape index (κ2) is 12.0. The van der Waals surface area contributed by atoms with Crippen molar-refractivity contribution < 1.29 is 40.7 Å². The number of methoxy groups -OCH3 is 1. The Morgan fingerprint density at radius 2 is 1.62 bits per heavy atom. The fourth-order valence-corrected chi connectivity index (χ4v) is 7.33. The number of carbonyl (C=O) groups excluding carboxylic acids is 2. The van der Waals surface area contributed by atoms with Gasteiger partial charge in [0, 0.05) is 33.8 Å². The SMILES string of the molecule is COc1ccc(-c2sc3c(c2C(=O)c2ccc(OCCN4CCCCC4)cc2)C(=O)CC(S(=O)(=O)C(F)(F)F)=C3)cc1. The summed E-state index contributed by atoms with van der Waals surface area (Å²) in [6.45, 7) is 3.40. The molecule has 7 nitrogen and oxygen atoms in total. The van der Waals surface area contributed by atoms with Crippen molar-refractivity contribution in [2.45, 2.75) is 31.2 Å². The van der Waals surface area contributed by atoms with Gasteiger partial charge >= 0.3 is 5.51 Å². The number of nitrogens with zero attached hydrogens (tertiary/aromatic N) is 1. The van der Waals surface area contributed by atoms with Gasteiger partial charge in [0.15, 0.2) is 11.6 Å². The predicted molar refractivity (Wildman–Crippen MR) is 154 cm³/mol. The topological polar surface area (TPSA) is 90.0 Å². The summed E-state index contributed by atoms with van der Waals surface area (Å²) in [4.78, 5) is 28.7. The van der Waals surface area contributed by atoms with Crippen LogP contribution in [0.5, 0.6) is 11.5 Å². The molecule has 0 spiro atoms. The van der Waals surface area contributed by atoms with Crippen LogP contribution < -0.4 is 9.47 Å². The standard InChI is InChI=1S/C30H28F3NO6S2/c1-39-21-9-7-20(8-10-21)29-27(26-24(35)17-23(18-25(26)41-29)42(37,38)30(31,32)33)28(36)19-5-11-22(12-6-19)40-16-15-34-13-3-2-4-14-34/h5-12,18H,2-4,13-17H2,1H3. The molecule has 2 aliphatic rings. The van der Waals surface area contributed by atoms with Gasteiger partial charge in [0.2, 0.25) is 0 Å². The van der Waals surface area contributed by atoms with Crippen molar-refractivity contribution in [2.75, 3.05) is 33.4 Å². The molecule has 5 rings (SSSR count). The molecule has 0 radical (unpaired) electrons. The first-order chi connectivity index (χ1) is 20.0. The van der Waals surface area contributed by atoms with Crippen molar-refractivity contribution in [3.63, 3.8) is 0 Å². The minimum atomic E-state index is -5.72. The van der Waals surface area contributed by atoms with Crippen LogP contribution in [-0.2, 0) is 9.84 Å². The lowest BCUT2D eigenvalue weighted by Crippen LogP contribution is -2.33. The molecule has 12 heteroatoms. The summed E-state index contributed by atoms with van der Waals surface area (Å²) in [7, 11) is -4.23. The van der Waals surface area contributed by atoms with E-state index in [0.717, 1.165) is 37.0 Å². The number of likely N-dealkylation sites (tertiary alicyclic amines) is 1. The monoisotopic (exact) mass is 619 g/mol. The fraction of sp³-hybridized carbons (Fsp3) is 0.333. The molecular formula is C30H28F3NO6S2. The molecule has 3 aromatic rings. The molecule has 1 aliphatic carbocycles. The summed E-state index contributed by atoms with van der Waals surface area (Å²) >= 11 is 0.893. The number of piperidine rings is 1. The number of rotatable bonds is 9. The van der Waals surface area contributed by atoms with Crippen molar-refractivity contribution in [3.8, 4) is 21.9 Å². The van der Waals surface area contributed by atoms with Crippen LogP contribution in [0.15, 0.2) is 53.4 Å². The summed E-state index contributed by atoms with van der Waals surface area (Å²) in [5.74, 6) is -0.264. The largest absolute Gasteiger partial charge is 0.501 e. The molecule has 0 bridgehead atoms. The van der Waals surface area contributed by atoms with Gasteiger partial charge in [-0.2, -0.15) is 13.2 Å². The molecule has 1 saturated heterocycles. The molecule has 1 aromatic heterocycles. The first kappa shape index (κ1) is 30.0. The highest BCUT2D eigenvalue weighted by molar-refractivity contribution is 7.96. The van der Waals surface area contributed by atoms with Gasteiger partial charge in [-0.05, 0) is 86.1 Å². The van der Waals surface area contributed by atoms with E-state index in [1.54, 1.807) is 48.5 Å². The Balaban J connectivity index is 1.48. The molecule has 222 valence electrons. The zero-order valence-electron chi connectivity index (χ0n) is 22.7. The van der Waals surface area contributed by atoms with Crippen LogP contribution in [0.1, 0.15) is 56.8 Å². The number of sulfone groups is 1. The zero-order chi connectivity index (χ0) is 30.1. The van der Waals surface area contributed by atoms with Gasteiger partial charge in [-0.1, -0.05) is 6.42 Å². The van der Waals surface area contributed by atoms with E-state index in [1.165, 1.54) is 26.4 Å². The number of hydrogen-bond donors (Lipinski definition) is 0. The molecule has 0 amide bonds. The number of benzene rings is 2. The summed E-state index contributed by atoms with van der Waals surface area (Å²) in [6.07, 6.45) is 3.47. The molecule has 2 heterocycles. The smallest absolute Gasteiger partial charge is 0.497 e. The number of halogens is 3. The minimum Gasteiger partial charge on any atom is -0.497 e. The predicted octanol–water partition coefficient (Wildman–Crippen LogP) is 6.38.